The molecular weight excluding hydrogens is 196 g/mol. The van der Waals surface area contributed by atoms with Crippen LogP contribution in [-0.4, -0.2) is 18.1 Å². The summed E-state index contributed by atoms with van der Waals surface area (Å²) in [6.45, 7) is 2.24. The maximum atomic E-state index is 5.75. The number of fused-ring (bicyclic) bond motifs is 1. The molecule has 2 aliphatic rings. The maximum Gasteiger partial charge on any atom is 0.129 e. The van der Waals surface area contributed by atoms with Gasteiger partial charge in [-0.3, -0.25) is 0 Å². The Morgan fingerprint density at radius 1 is 1.36 bits per heavy atom. The van der Waals surface area contributed by atoms with Gasteiger partial charge in [-0.05, 0) is 23.1 Å². The molecule has 2 unspecified atom stereocenters. The van der Waals surface area contributed by atoms with Gasteiger partial charge in [-0.2, -0.15) is 0 Å². The van der Waals surface area contributed by atoms with Crippen molar-refractivity contribution in [2.75, 3.05) is 13.1 Å². The van der Waals surface area contributed by atoms with Crippen LogP contribution in [-0.2, 0) is 0 Å². The summed E-state index contributed by atoms with van der Waals surface area (Å²) in [5.41, 5.74) is 2.66. The Morgan fingerprint density at radius 2 is 2.29 bits per heavy atom. The summed E-state index contributed by atoms with van der Waals surface area (Å²) in [5.74, 6) is 1.46. The molecule has 2 heterocycles. The molecule has 0 spiro atoms. The lowest BCUT2D eigenvalue weighted by atomic mass is 9.74. The van der Waals surface area contributed by atoms with Gasteiger partial charge in [-0.25, -0.2) is 4.98 Å². The number of hydrogen-bond donors (Lipinski definition) is 1. The first-order valence-corrected chi connectivity index (χ1v) is 5.27. The van der Waals surface area contributed by atoms with Crippen LogP contribution in [0.1, 0.15) is 5.56 Å². The Bertz CT molecular complexity index is 383. The minimum Gasteiger partial charge on any atom is -0.315 e. The monoisotopic (exact) mass is 206 g/mol. The van der Waals surface area contributed by atoms with Gasteiger partial charge in [-0.1, -0.05) is 23.7 Å². The molecule has 14 heavy (non-hydrogen) atoms. The number of halogens is 1. The van der Waals surface area contributed by atoms with Crippen molar-refractivity contribution in [2.45, 2.75) is 0 Å². The molecule has 1 aliphatic carbocycles. The summed E-state index contributed by atoms with van der Waals surface area (Å²) in [4.78, 5) is 4.10. The van der Waals surface area contributed by atoms with Crippen molar-refractivity contribution in [2.24, 2.45) is 11.8 Å². The maximum absolute atomic E-state index is 5.75. The lowest BCUT2D eigenvalue weighted by Crippen LogP contribution is -2.21. The van der Waals surface area contributed by atoms with E-state index in [9.17, 15) is 0 Å². The Hall–Kier alpha value is -0.860. The molecule has 1 aromatic rings. The molecule has 3 heteroatoms. The van der Waals surface area contributed by atoms with Crippen molar-refractivity contribution >= 4 is 17.2 Å². The molecule has 1 fully saturated rings. The number of nitrogens with one attached hydrogen (secondary N) is 1. The molecule has 72 valence electrons. The molecule has 0 radical (unpaired) electrons. The number of pyridine rings is 1. The smallest absolute Gasteiger partial charge is 0.129 e. The first-order chi connectivity index (χ1) is 6.84. The number of rotatable bonds is 1. The van der Waals surface area contributed by atoms with Crippen LogP contribution in [0.2, 0.25) is 5.15 Å². The van der Waals surface area contributed by atoms with Crippen LogP contribution in [0, 0.1) is 11.8 Å². The third kappa shape index (κ3) is 1.18. The quantitative estimate of drug-likeness (QED) is 0.711. The van der Waals surface area contributed by atoms with Gasteiger partial charge in [0.2, 0.25) is 0 Å². The van der Waals surface area contributed by atoms with E-state index in [1.54, 1.807) is 0 Å². The second-order valence-electron chi connectivity index (χ2n) is 3.92. The van der Waals surface area contributed by atoms with Crippen molar-refractivity contribution < 1.29 is 0 Å². The van der Waals surface area contributed by atoms with Gasteiger partial charge in [0.1, 0.15) is 5.15 Å². The van der Waals surface area contributed by atoms with Crippen molar-refractivity contribution in [1.82, 2.24) is 10.3 Å². The van der Waals surface area contributed by atoms with Crippen LogP contribution in [0.4, 0.5) is 0 Å². The fourth-order valence-corrected chi connectivity index (χ4v) is 2.42. The van der Waals surface area contributed by atoms with E-state index in [2.05, 4.69) is 22.4 Å². The molecule has 0 amide bonds. The van der Waals surface area contributed by atoms with E-state index in [4.69, 9.17) is 11.6 Å². The Balaban J connectivity index is 1.90. The summed E-state index contributed by atoms with van der Waals surface area (Å²) >= 11 is 5.75. The van der Waals surface area contributed by atoms with Gasteiger partial charge in [0.15, 0.2) is 0 Å². The zero-order valence-corrected chi connectivity index (χ0v) is 8.46. The van der Waals surface area contributed by atoms with Crippen LogP contribution < -0.4 is 5.32 Å². The summed E-state index contributed by atoms with van der Waals surface area (Å²) < 4.78 is 0. The molecule has 3 rings (SSSR count). The summed E-state index contributed by atoms with van der Waals surface area (Å²) in [6.07, 6.45) is 4.21. The van der Waals surface area contributed by atoms with Gasteiger partial charge in [0.05, 0.1) is 0 Å². The van der Waals surface area contributed by atoms with E-state index in [0.717, 1.165) is 19.0 Å². The Labute approximate surface area is 88.0 Å². The molecule has 0 saturated carbocycles. The first kappa shape index (κ1) is 8.45. The Morgan fingerprint density at radius 3 is 3.00 bits per heavy atom. The summed E-state index contributed by atoms with van der Waals surface area (Å²) in [7, 11) is 0. The van der Waals surface area contributed by atoms with Crippen LogP contribution in [0.25, 0.3) is 5.57 Å². The van der Waals surface area contributed by atoms with Gasteiger partial charge >= 0.3 is 0 Å². The van der Waals surface area contributed by atoms with E-state index in [1.807, 2.05) is 12.3 Å². The zero-order valence-electron chi connectivity index (χ0n) is 7.70. The van der Waals surface area contributed by atoms with Crippen molar-refractivity contribution in [3.63, 3.8) is 0 Å². The van der Waals surface area contributed by atoms with Crippen molar-refractivity contribution in [3.05, 3.63) is 35.1 Å². The fourth-order valence-electron chi connectivity index (χ4n) is 2.31. The van der Waals surface area contributed by atoms with Gasteiger partial charge in [0.25, 0.3) is 0 Å². The third-order valence-electron chi connectivity index (χ3n) is 3.11. The highest BCUT2D eigenvalue weighted by molar-refractivity contribution is 6.29. The zero-order chi connectivity index (χ0) is 9.54. The van der Waals surface area contributed by atoms with Gasteiger partial charge in [-0.15, -0.1) is 0 Å². The molecule has 2 nitrogen and oxygen atoms in total. The molecule has 1 aromatic heterocycles. The largest absolute Gasteiger partial charge is 0.315 e. The molecular formula is C11H11ClN2. The van der Waals surface area contributed by atoms with E-state index in [0.29, 0.717) is 11.1 Å². The predicted octanol–water partition coefficient (Wildman–Crippen LogP) is 1.97. The lowest BCUT2D eigenvalue weighted by Gasteiger charge is -2.29. The predicted molar refractivity (Wildman–Crippen MR) is 57.1 cm³/mol. The second kappa shape index (κ2) is 3.07. The first-order valence-electron chi connectivity index (χ1n) is 4.89. The standard InChI is InChI=1S/C11H11ClN2/c12-11-2-1-7(5-14-11)9-3-8-4-13-6-10(8)9/h1-3,5,8,10,13H,4,6H2. The van der Waals surface area contributed by atoms with Crippen LogP contribution >= 0.6 is 11.6 Å². The average Bonchev–Trinajstić information content (AvgIpc) is 2.52. The van der Waals surface area contributed by atoms with Gasteiger partial charge in [0, 0.05) is 25.2 Å². The minimum absolute atomic E-state index is 0.565. The molecule has 0 bridgehead atoms. The SMILES string of the molecule is Clc1ccc(C2=CC3CNCC23)cn1. The topological polar surface area (TPSA) is 24.9 Å². The van der Waals surface area contributed by atoms with Crippen molar-refractivity contribution in [3.8, 4) is 0 Å². The molecule has 1 N–H and O–H groups in total. The molecule has 1 saturated heterocycles. The van der Waals surface area contributed by atoms with E-state index >= 15 is 0 Å². The average molecular weight is 207 g/mol. The molecule has 2 atom stereocenters. The van der Waals surface area contributed by atoms with Gasteiger partial charge < -0.3 is 5.32 Å². The number of aromatic nitrogens is 1. The number of nitrogens with zero attached hydrogens (tertiary/aromatic N) is 1. The number of hydrogen-bond acceptors (Lipinski definition) is 2. The van der Waals surface area contributed by atoms with Crippen LogP contribution in [0.5, 0.6) is 0 Å². The second-order valence-corrected chi connectivity index (χ2v) is 4.31. The van der Waals surface area contributed by atoms with E-state index in [-0.39, 0.29) is 0 Å². The summed E-state index contributed by atoms with van der Waals surface area (Å²) in [6, 6.07) is 3.91. The van der Waals surface area contributed by atoms with Crippen LogP contribution in [0.15, 0.2) is 24.4 Å². The Kier molecular flexibility index (Phi) is 1.85. The minimum atomic E-state index is 0.565. The highest BCUT2D eigenvalue weighted by Gasteiger charge is 2.36. The molecule has 1 aliphatic heterocycles. The van der Waals surface area contributed by atoms with Crippen molar-refractivity contribution in [1.29, 1.82) is 0 Å². The van der Waals surface area contributed by atoms with Crippen LogP contribution in [0.3, 0.4) is 0 Å². The highest BCUT2D eigenvalue weighted by Crippen LogP contribution is 2.42. The molecule has 0 aromatic carbocycles. The fraction of sp³-hybridized carbons (Fsp3) is 0.364. The normalized spacial score (nSPS) is 29.4. The van der Waals surface area contributed by atoms with E-state index < -0.39 is 0 Å². The van der Waals surface area contributed by atoms with E-state index in [1.165, 1.54) is 11.1 Å². The third-order valence-corrected chi connectivity index (χ3v) is 3.34. The summed E-state index contributed by atoms with van der Waals surface area (Å²) in [5, 5.41) is 3.96. The lowest BCUT2D eigenvalue weighted by molar-refractivity contribution is 0.564. The highest BCUT2D eigenvalue weighted by atomic mass is 35.5.